The molecule has 0 fully saturated rings. The van der Waals surface area contributed by atoms with Crippen LogP contribution in [0.5, 0.6) is 0 Å². The standard InChI is InChI=1S/C30H31N3O5/c1-2-37-28(34)27(17-31-29(35)32-26-16-15-19-9-3-4-10-20(19)26)33-30(36)38-18-25-23-13-7-5-11-21(23)22-12-6-8-14-24(22)25/h3-14,25-27H,2,15-18H2,1H3,(H,33,36)(H2,31,32,35)/t26-,27+/m1/s1. The zero-order valence-electron chi connectivity index (χ0n) is 21.2. The predicted molar refractivity (Wildman–Crippen MR) is 143 cm³/mol. The number of esters is 1. The topological polar surface area (TPSA) is 106 Å². The Labute approximate surface area is 221 Å². The van der Waals surface area contributed by atoms with E-state index in [9.17, 15) is 14.4 Å². The molecular formula is C30H31N3O5. The number of carbonyl (C=O) groups is 3. The predicted octanol–water partition coefficient (Wildman–Crippen LogP) is 4.44. The lowest BCUT2D eigenvalue weighted by Crippen LogP contribution is -2.51. The highest BCUT2D eigenvalue weighted by Crippen LogP contribution is 2.44. The van der Waals surface area contributed by atoms with E-state index in [2.05, 4.69) is 34.1 Å². The Balaban J connectivity index is 1.17. The monoisotopic (exact) mass is 513 g/mol. The van der Waals surface area contributed by atoms with Crippen LogP contribution in [0.3, 0.4) is 0 Å². The first-order chi connectivity index (χ1) is 18.5. The third-order valence-corrected chi connectivity index (χ3v) is 7.11. The Hall–Kier alpha value is -4.33. The van der Waals surface area contributed by atoms with Crippen LogP contribution in [0.1, 0.15) is 47.6 Å². The average molecular weight is 514 g/mol. The molecule has 0 unspecified atom stereocenters. The summed E-state index contributed by atoms with van der Waals surface area (Å²) in [5, 5.41) is 8.20. The van der Waals surface area contributed by atoms with Gasteiger partial charge < -0.3 is 25.4 Å². The second-order valence-corrected chi connectivity index (χ2v) is 9.42. The minimum absolute atomic E-state index is 0.0951. The fraction of sp³-hybridized carbons (Fsp3) is 0.300. The number of urea groups is 1. The number of hydrogen-bond donors (Lipinski definition) is 3. The van der Waals surface area contributed by atoms with Crippen molar-refractivity contribution in [1.82, 2.24) is 16.0 Å². The number of rotatable bonds is 8. The molecule has 2 atom stereocenters. The highest BCUT2D eigenvalue weighted by molar-refractivity contribution is 5.83. The molecule has 0 saturated heterocycles. The van der Waals surface area contributed by atoms with E-state index in [1.165, 1.54) is 5.56 Å². The Morgan fingerprint density at radius 2 is 1.50 bits per heavy atom. The van der Waals surface area contributed by atoms with Crippen molar-refractivity contribution >= 4 is 18.1 Å². The Morgan fingerprint density at radius 1 is 0.868 bits per heavy atom. The lowest BCUT2D eigenvalue weighted by atomic mass is 9.98. The van der Waals surface area contributed by atoms with Gasteiger partial charge in [-0.2, -0.15) is 0 Å². The van der Waals surface area contributed by atoms with Crippen LogP contribution in [-0.2, 0) is 20.7 Å². The van der Waals surface area contributed by atoms with Gasteiger partial charge in [-0.3, -0.25) is 0 Å². The van der Waals surface area contributed by atoms with Crippen molar-refractivity contribution < 1.29 is 23.9 Å². The number of alkyl carbamates (subject to hydrolysis) is 1. The zero-order valence-corrected chi connectivity index (χ0v) is 21.2. The molecule has 0 saturated carbocycles. The Morgan fingerprint density at radius 3 is 2.18 bits per heavy atom. The van der Waals surface area contributed by atoms with Crippen molar-refractivity contribution in [2.45, 2.75) is 37.8 Å². The van der Waals surface area contributed by atoms with Gasteiger partial charge in [0.2, 0.25) is 0 Å². The number of fused-ring (bicyclic) bond motifs is 4. The van der Waals surface area contributed by atoms with Crippen molar-refractivity contribution in [3.63, 3.8) is 0 Å². The number of aryl methyl sites for hydroxylation is 1. The first-order valence-electron chi connectivity index (χ1n) is 13.0. The van der Waals surface area contributed by atoms with Gasteiger partial charge in [0.1, 0.15) is 12.6 Å². The van der Waals surface area contributed by atoms with Crippen LogP contribution in [-0.4, -0.2) is 43.9 Å². The third-order valence-electron chi connectivity index (χ3n) is 7.11. The van der Waals surface area contributed by atoms with Crippen LogP contribution in [0, 0.1) is 0 Å². The lowest BCUT2D eigenvalue weighted by Gasteiger charge is -2.20. The molecule has 196 valence electrons. The van der Waals surface area contributed by atoms with Crippen LogP contribution >= 0.6 is 0 Å². The van der Waals surface area contributed by atoms with Crippen molar-refractivity contribution in [3.8, 4) is 11.1 Å². The molecule has 0 aromatic heterocycles. The summed E-state index contributed by atoms with van der Waals surface area (Å²) in [6, 6.07) is 22.5. The molecule has 3 aromatic carbocycles. The molecule has 0 spiro atoms. The van der Waals surface area contributed by atoms with Crippen LogP contribution < -0.4 is 16.0 Å². The summed E-state index contributed by atoms with van der Waals surface area (Å²) in [6.07, 6.45) is 0.957. The maximum absolute atomic E-state index is 12.7. The van der Waals surface area contributed by atoms with Gasteiger partial charge in [0.15, 0.2) is 0 Å². The Bertz CT molecular complexity index is 1300. The first kappa shape index (κ1) is 25.3. The molecular weight excluding hydrogens is 482 g/mol. The summed E-state index contributed by atoms with van der Waals surface area (Å²) in [6.45, 7) is 1.81. The van der Waals surface area contributed by atoms with Crippen LogP contribution in [0.4, 0.5) is 9.59 Å². The lowest BCUT2D eigenvalue weighted by molar-refractivity contribution is -0.145. The van der Waals surface area contributed by atoms with E-state index in [1.54, 1.807) is 6.92 Å². The number of amides is 3. The average Bonchev–Trinajstić information content (AvgIpc) is 3.49. The number of nitrogens with one attached hydrogen (secondary N) is 3. The molecule has 0 radical (unpaired) electrons. The van der Waals surface area contributed by atoms with Crippen LogP contribution in [0.15, 0.2) is 72.8 Å². The smallest absolute Gasteiger partial charge is 0.407 e. The second kappa shape index (κ2) is 11.4. The molecule has 2 aliphatic rings. The van der Waals surface area contributed by atoms with Gasteiger partial charge in [0, 0.05) is 5.92 Å². The molecule has 3 amide bonds. The first-order valence-corrected chi connectivity index (χ1v) is 13.0. The highest BCUT2D eigenvalue weighted by Gasteiger charge is 2.30. The fourth-order valence-corrected chi connectivity index (χ4v) is 5.33. The summed E-state index contributed by atoms with van der Waals surface area (Å²) < 4.78 is 10.7. The minimum Gasteiger partial charge on any atom is -0.464 e. The van der Waals surface area contributed by atoms with Crippen molar-refractivity contribution in [2.75, 3.05) is 19.8 Å². The van der Waals surface area contributed by atoms with Gasteiger partial charge >= 0.3 is 18.1 Å². The van der Waals surface area contributed by atoms with E-state index in [0.29, 0.717) is 0 Å². The maximum Gasteiger partial charge on any atom is 0.407 e. The van der Waals surface area contributed by atoms with Gasteiger partial charge in [0.05, 0.1) is 19.2 Å². The molecule has 2 aliphatic carbocycles. The number of hydrogen-bond acceptors (Lipinski definition) is 5. The summed E-state index contributed by atoms with van der Waals surface area (Å²) in [4.78, 5) is 37.9. The molecule has 5 rings (SSSR count). The van der Waals surface area contributed by atoms with Gasteiger partial charge in [-0.15, -0.1) is 0 Å². The van der Waals surface area contributed by atoms with Gasteiger partial charge in [-0.1, -0.05) is 72.8 Å². The SMILES string of the molecule is CCOC(=O)[C@H](CNC(=O)N[C@@H]1CCc2ccccc21)NC(=O)OCC1c2ccccc2-c2ccccc21. The number of ether oxygens (including phenoxy) is 2. The van der Waals surface area contributed by atoms with Gasteiger partial charge in [-0.25, -0.2) is 14.4 Å². The number of benzene rings is 3. The van der Waals surface area contributed by atoms with E-state index >= 15 is 0 Å². The summed E-state index contributed by atoms with van der Waals surface area (Å²) in [7, 11) is 0. The van der Waals surface area contributed by atoms with Gasteiger partial charge in [-0.05, 0) is 53.1 Å². The van der Waals surface area contributed by atoms with Crippen molar-refractivity contribution in [3.05, 3.63) is 95.1 Å². The van der Waals surface area contributed by atoms with Crippen molar-refractivity contribution in [1.29, 1.82) is 0 Å². The molecule has 3 N–H and O–H groups in total. The molecule has 8 nitrogen and oxygen atoms in total. The summed E-state index contributed by atoms with van der Waals surface area (Å²) >= 11 is 0. The highest BCUT2D eigenvalue weighted by atomic mass is 16.6. The zero-order chi connectivity index (χ0) is 26.5. The fourth-order valence-electron chi connectivity index (χ4n) is 5.33. The van der Waals surface area contributed by atoms with Gasteiger partial charge in [0.25, 0.3) is 0 Å². The largest absolute Gasteiger partial charge is 0.464 e. The van der Waals surface area contributed by atoms with E-state index in [0.717, 1.165) is 40.7 Å². The Kier molecular flexibility index (Phi) is 7.58. The van der Waals surface area contributed by atoms with E-state index in [4.69, 9.17) is 9.47 Å². The van der Waals surface area contributed by atoms with E-state index in [-0.39, 0.29) is 31.7 Å². The maximum atomic E-state index is 12.7. The molecule has 3 aromatic rings. The molecule has 8 heteroatoms. The molecule has 0 heterocycles. The normalized spacial score (nSPS) is 16.0. The third kappa shape index (κ3) is 5.34. The van der Waals surface area contributed by atoms with Crippen LogP contribution in [0.25, 0.3) is 11.1 Å². The van der Waals surface area contributed by atoms with Crippen molar-refractivity contribution in [2.24, 2.45) is 0 Å². The summed E-state index contributed by atoms with van der Waals surface area (Å²) in [5.74, 6) is -0.750. The molecule has 0 bridgehead atoms. The quantitative estimate of drug-likeness (QED) is 0.386. The second-order valence-electron chi connectivity index (χ2n) is 9.42. The summed E-state index contributed by atoms with van der Waals surface area (Å²) in [5.41, 5.74) is 6.76. The van der Waals surface area contributed by atoms with E-state index in [1.807, 2.05) is 54.6 Å². The minimum atomic E-state index is -1.09. The van der Waals surface area contributed by atoms with E-state index < -0.39 is 24.1 Å². The van der Waals surface area contributed by atoms with Crippen LogP contribution in [0.2, 0.25) is 0 Å². The molecule has 0 aliphatic heterocycles. The number of carbonyl (C=O) groups excluding carboxylic acids is 3. The molecule has 38 heavy (non-hydrogen) atoms.